The number of allylic oxidation sites excluding steroid dienone is 1. The lowest BCUT2D eigenvalue weighted by Crippen LogP contribution is -2.05. The zero-order valence-electron chi connectivity index (χ0n) is 11.6. The Labute approximate surface area is 102 Å². The van der Waals surface area contributed by atoms with Crippen LogP contribution in [0.2, 0.25) is 0 Å². The van der Waals surface area contributed by atoms with Crippen LogP contribution in [0.15, 0.2) is 12.2 Å². The molecule has 0 aromatic heterocycles. The maximum atomic E-state index is 5.46. The lowest BCUT2D eigenvalue weighted by Gasteiger charge is -2.19. The van der Waals surface area contributed by atoms with Crippen molar-refractivity contribution in [3.05, 3.63) is 12.2 Å². The first-order chi connectivity index (χ1) is 7.45. The van der Waals surface area contributed by atoms with Crippen molar-refractivity contribution in [3.8, 4) is 0 Å². The molecule has 0 saturated carbocycles. The summed E-state index contributed by atoms with van der Waals surface area (Å²) in [5.41, 5.74) is 7.28. The molecule has 0 aromatic rings. The second-order valence-electron chi connectivity index (χ2n) is 6.15. The van der Waals surface area contributed by atoms with Gasteiger partial charge in [-0.15, -0.1) is 0 Å². The molecule has 1 heteroatoms. The predicted octanol–water partition coefficient (Wildman–Crippen LogP) is 4.67. The number of unbranched alkanes of at least 4 members (excludes halogenated alkanes) is 5. The Hall–Kier alpha value is -0.300. The molecule has 0 heterocycles. The zero-order valence-corrected chi connectivity index (χ0v) is 11.6. The summed E-state index contributed by atoms with van der Waals surface area (Å²) in [7, 11) is 0. The van der Waals surface area contributed by atoms with Crippen LogP contribution >= 0.6 is 0 Å². The maximum absolute atomic E-state index is 5.46. The highest BCUT2D eigenvalue weighted by Crippen LogP contribution is 2.25. The Kier molecular flexibility index (Phi) is 8.64. The Bertz CT molecular complexity index is 176. The maximum Gasteiger partial charge on any atom is -0.00773 e. The lowest BCUT2D eigenvalue weighted by molar-refractivity contribution is 0.402. The Morgan fingerprint density at radius 2 is 1.44 bits per heavy atom. The summed E-state index contributed by atoms with van der Waals surface area (Å²) in [5.74, 6) is 0. The van der Waals surface area contributed by atoms with Gasteiger partial charge in [-0.05, 0) is 37.6 Å². The van der Waals surface area contributed by atoms with Crippen LogP contribution in [-0.4, -0.2) is 6.54 Å². The molecule has 0 spiro atoms. The van der Waals surface area contributed by atoms with Crippen LogP contribution in [0, 0.1) is 5.41 Å². The van der Waals surface area contributed by atoms with Crippen molar-refractivity contribution in [1.29, 1.82) is 0 Å². The summed E-state index contributed by atoms with van der Waals surface area (Å²) < 4.78 is 0. The van der Waals surface area contributed by atoms with Crippen molar-refractivity contribution in [3.63, 3.8) is 0 Å². The van der Waals surface area contributed by atoms with E-state index in [1.807, 2.05) is 0 Å². The monoisotopic (exact) mass is 225 g/mol. The van der Waals surface area contributed by atoms with Crippen LogP contribution in [0.4, 0.5) is 0 Å². The average molecular weight is 225 g/mol. The summed E-state index contributed by atoms with van der Waals surface area (Å²) in [6.45, 7) is 11.9. The van der Waals surface area contributed by atoms with Crippen LogP contribution < -0.4 is 5.73 Å². The van der Waals surface area contributed by atoms with Gasteiger partial charge in [-0.2, -0.15) is 0 Å². The highest BCUT2D eigenvalue weighted by Gasteiger charge is 2.11. The molecule has 2 N–H and O–H groups in total. The first-order valence-electron chi connectivity index (χ1n) is 6.82. The van der Waals surface area contributed by atoms with Gasteiger partial charge in [0.15, 0.2) is 0 Å². The van der Waals surface area contributed by atoms with E-state index < -0.39 is 0 Å². The molecule has 0 radical (unpaired) electrons. The Morgan fingerprint density at radius 1 is 0.938 bits per heavy atom. The summed E-state index contributed by atoms with van der Waals surface area (Å²) in [5, 5.41) is 0. The summed E-state index contributed by atoms with van der Waals surface area (Å²) in [4.78, 5) is 0. The quantitative estimate of drug-likeness (QED) is 0.448. The minimum absolute atomic E-state index is 0.401. The van der Waals surface area contributed by atoms with Crippen molar-refractivity contribution in [2.75, 3.05) is 6.54 Å². The molecule has 0 fully saturated rings. The van der Waals surface area contributed by atoms with Gasteiger partial charge in [0.1, 0.15) is 0 Å². The van der Waals surface area contributed by atoms with Gasteiger partial charge in [-0.3, -0.25) is 0 Å². The van der Waals surface area contributed by atoms with Crippen molar-refractivity contribution >= 4 is 0 Å². The summed E-state index contributed by atoms with van der Waals surface area (Å²) >= 11 is 0. The van der Waals surface area contributed by atoms with Crippen molar-refractivity contribution in [1.82, 2.24) is 0 Å². The zero-order chi connectivity index (χ0) is 12.4. The number of nitrogens with two attached hydrogens (primary N) is 1. The van der Waals surface area contributed by atoms with Gasteiger partial charge in [0, 0.05) is 0 Å². The molecule has 1 nitrogen and oxygen atoms in total. The molecule has 0 unspecified atom stereocenters. The summed E-state index contributed by atoms with van der Waals surface area (Å²) in [6.07, 6.45) is 10.3. The molecule has 0 bridgehead atoms. The van der Waals surface area contributed by atoms with Crippen LogP contribution in [0.3, 0.4) is 0 Å². The SMILES string of the molecule is C=C(CCCCCCCCN)CC(C)(C)C. The van der Waals surface area contributed by atoms with Crippen LogP contribution in [-0.2, 0) is 0 Å². The fourth-order valence-corrected chi connectivity index (χ4v) is 2.06. The van der Waals surface area contributed by atoms with E-state index >= 15 is 0 Å². The first kappa shape index (κ1) is 15.7. The predicted molar refractivity (Wildman–Crippen MR) is 74.6 cm³/mol. The number of hydrogen-bond donors (Lipinski definition) is 1. The minimum atomic E-state index is 0.401. The smallest absolute Gasteiger partial charge is 0.00773 e. The van der Waals surface area contributed by atoms with E-state index in [9.17, 15) is 0 Å². The first-order valence-corrected chi connectivity index (χ1v) is 6.82. The molecule has 0 atom stereocenters. The topological polar surface area (TPSA) is 26.0 Å². The van der Waals surface area contributed by atoms with Gasteiger partial charge in [0.2, 0.25) is 0 Å². The normalized spacial score (nSPS) is 11.8. The fraction of sp³-hybridized carbons (Fsp3) is 0.867. The molecule has 96 valence electrons. The van der Waals surface area contributed by atoms with Gasteiger partial charge < -0.3 is 5.73 Å². The molecule has 0 rings (SSSR count). The van der Waals surface area contributed by atoms with Gasteiger partial charge >= 0.3 is 0 Å². The van der Waals surface area contributed by atoms with E-state index in [2.05, 4.69) is 27.4 Å². The Balaban J connectivity index is 3.28. The molecule has 0 amide bonds. The van der Waals surface area contributed by atoms with E-state index in [0.29, 0.717) is 5.41 Å². The molecule has 0 aromatic carbocycles. The summed E-state index contributed by atoms with van der Waals surface area (Å²) in [6, 6.07) is 0. The van der Waals surface area contributed by atoms with E-state index in [1.54, 1.807) is 0 Å². The third-order valence-electron chi connectivity index (χ3n) is 2.76. The Morgan fingerprint density at radius 3 is 1.94 bits per heavy atom. The molecule has 0 aliphatic rings. The lowest BCUT2D eigenvalue weighted by atomic mass is 9.87. The van der Waals surface area contributed by atoms with Gasteiger partial charge in [0.05, 0.1) is 0 Å². The van der Waals surface area contributed by atoms with Crippen molar-refractivity contribution in [2.45, 2.75) is 72.1 Å². The largest absolute Gasteiger partial charge is 0.330 e. The van der Waals surface area contributed by atoms with Crippen molar-refractivity contribution < 1.29 is 0 Å². The highest BCUT2D eigenvalue weighted by atomic mass is 14.5. The standard InChI is InChI=1S/C15H31N/c1-14(13-15(2,3)4)11-9-7-5-6-8-10-12-16/h1,5-13,16H2,2-4H3. The minimum Gasteiger partial charge on any atom is -0.330 e. The highest BCUT2D eigenvalue weighted by molar-refractivity contribution is 4.97. The van der Waals surface area contributed by atoms with Crippen LogP contribution in [0.5, 0.6) is 0 Å². The molecular formula is C15H31N. The van der Waals surface area contributed by atoms with Crippen molar-refractivity contribution in [2.24, 2.45) is 11.1 Å². The number of rotatable bonds is 9. The third-order valence-corrected chi connectivity index (χ3v) is 2.76. The second kappa shape index (κ2) is 8.81. The van der Waals surface area contributed by atoms with Crippen LogP contribution in [0.1, 0.15) is 72.1 Å². The molecule has 0 aliphatic carbocycles. The van der Waals surface area contributed by atoms with E-state index in [1.165, 1.54) is 56.9 Å². The fourth-order valence-electron chi connectivity index (χ4n) is 2.06. The van der Waals surface area contributed by atoms with E-state index in [-0.39, 0.29) is 0 Å². The second-order valence-corrected chi connectivity index (χ2v) is 6.15. The van der Waals surface area contributed by atoms with Gasteiger partial charge in [-0.1, -0.05) is 58.6 Å². The third kappa shape index (κ3) is 11.8. The van der Waals surface area contributed by atoms with Crippen LogP contribution in [0.25, 0.3) is 0 Å². The molecule has 0 aliphatic heterocycles. The molecular weight excluding hydrogens is 194 g/mol. The molecule has 0 saturated heterocycles. The van der Waals surface area contributed by atoms with E-state index in [0.717, 1.165) is 6.54 Å². The van der Waals surface area contributed by atoms with E-state index in [4.69, 9.17) is 5.73 Å². The average Bonchev–Trinajstić information content (AvgIpc) is 2.13. The van der Waals surface area contributed by atoms with Gasteiger partial charge in [-0.25, -0.2) is 0 Å². The van der Waals surface area contributed by atoms with Gasteiger partial charge in [0.25, 0.3) is 0 Å². The number of hydrogen-bond acceptors (Lipinski definition) is 1. The molecule has 16 heavy (non-hydrogen) atoms.